The summed E-state index contributed by atoms with van der Waals surface area (Å²) < 4.78 is 16.8. The van der Waals surface area contributed by atoms with Gasteiger partial charge in [0, 0.05) is 19.3 Å². The molecule has 1 unspecified atom stereocenters. The molecule has 76 heavy (non-hydrogen) atoms. The fraction of sp³-hybridized carbons (Fsp3) is 0.614. The summed E-state index contributed by atoms with van der Waals surface area (Å²) in [6, 6.07) is 0. The van der Waals surface area contributed by atoms with E-state index < -0.39 is 6.10 Å². The number of rotatable bonds is 54. The molecule has 6 nitrogen and oxygen atoms in total. The molecular formula is C70H112O6. The molecule has 0 aromatic rings. The standard InChI is InChI=1S/C70H112O6/c1-4-7-10-13-16-19-22-24-26-28-30-32-34-35-37-38-40-42-44-46-48-51-54-57-60-63-69(72)75-66-67(65-74-68(71)62-59-56-53-50-21-18-15-12-9-6-3)76-70(73)64-61-58-55-52-49-47-45-43-41-39-36-33-31-29-27-25-23-20-17-14-11-8-5-2/h7-8,10-12,15-17,19-20,24-27,30-33,39,41,45,47,52,55,67H,4-6,9,13-14,18,21-23,28-29,34-38,40,42-44,46,48-51,53-54,56-66H2,1-3H3/b10-7-,11-8-,15-12-,19-16-,20-17-,26-24-,27-25-,32-30-,33-31-,41-39-,47-45-,55-52-. The van der Waals surface area contributed by atoms with Crippen LogP contribution in [0.15, 0.2) is 146 Å². The summed E-state index contributed by atoms with van der Waals surface area (Å²) in [5.74, 6) is -0.986. The van der Waals surface area contributed by atoms with E-state index in [0.29, 0.717) is 19.3 Å². The Morgan fingerprint density at radius 2 is 0.526 bits per heavy atom. The Bertz CT molecular complexity index is 1680. The monoisotopic (exact) mass is 1050 g/mol. The second kappa shape index (κ2) is 62.8. The van der Waals surface area contributed by atoms with Gasteiger partial charge >= 0.3 is 17.9 Å². The highest BCUT2D eigenvalue weighted by Crippen LogP contribution is 2.15. The summed E-state index contributed by atoms with van der Waals surface area (Å²) in [6.45, 7) is 6.29. The van der Waals surface area contributed by atoms with Crippen LogP contribution in [0.3, 0.4) is 0 Å². The van der Waals surface area contributed by atoms with Crippen LogP contribution in [0.4, 0.5) is 0 Å². The first-order chi connectivity index (χ1) is 37.5. The highest BCUT2D eigenvalue weighted by atomic mass is 16.6. The van der Waals surface area contributed by atoms with Crippen LogP contribution >= 0.6 is 0 Å². The van der Waals surface area contributed by atoms with Gasteiger partial charge in [0.1, 0.15) is 13.2 Å². The van der Waals surface area contributed by atoms with Gasteiger partial charge in [-0.05, 0) is 128 Å². The Hall–Kier alpha value is -4.71. The predicted molar refractivity (Wildman–Crippen MR) is 329 cm³/mol. The van der Waals surface area contributed by atoms with E-state index in [1.54, 1.807) is 0 Å². The number of carbonyl (C=O) groups is 3. The minimum atomic E-state index is -0.819. The van der Waals surface area contributed by atoms with Crippen molar-refractivity contribution < 1.29 is 28.6 Å². The molecule has 6 heteroatoms. The van der Waals surface area contributed by atoms with E-state index in [9.17, 15) is 14.4 Å². The Morgan fingerprint density at radius 3 is 0.855 bits per heavy atom. The maximum absolute atomic E-state index is 12.9. The quantitative estimate of drug-likeness (QED) is 0.0261. The summed E-state index contributed by atoms with van der Waals surface area (Å²) in [6.07, 6.45) is 90.1. The average molecular weight is 1050 g/mol. The zero-order valence-electron chi connectivity index (χ0n) is 49.0. The number of hydrogen-bond acceptors (Lipinski definition) is 6. The van der Waals surface area contributed by atoms with Gasteiger partial charge in [-0.3, -0.25) is 14.4 Å². The third-order valence-corrected chi connectivity index (χ3v) is 12.5. The van der Waals surface area contributed by atoms with Crippen molar-refractivity contribution in [2.75, 3.05) is 13.2 Å². The first-order valence-electron chi connectivity index (χ1n) is 30.8. The molecule has 0 saturated carbocycles. The summed E-state index contributed by atoms with van der Waals surface area (Å²) in [4.78, 5) is 38.2. The lowest BCUT2D eigenvalue weighted by molar-refractivity contribution is -0.167. The van der Waals surface area contributed by atoms with Crippen LogP contribution in [0.2, 0.25) is 0 Å². The molecule has 0 amide bonds. The zero-order valence-corrected chi connectivity index (χ0v) is 49.0. The molecule has 0 aromatic carbocycles. The number of carbonyl (C=O) groups excluding carboxylic acids is 3. The Morgan fingerprint density at radius 1 is 0.276 bits per heavy atom. The molecule has 0 rings (SSSR count). The van der Waals surface area contributed by atoms with Gasteiger partial charge in [-0.1, -0.05) is 256 Å². The fourth-order valence-electron chi connectivity index (χ4n) is 8.01. The highest BCUT2D eigenvalue weighted by Gasteiger charge is 2.19. The van der Waals surface area contributed by atoms with Crippen molar-refractivity contribution in [1.29, 1.82) is 0 Å². The third kappa shape index (κ3) is 60.2. The van der Waals surface area contributed by atoms with E-state index in [0.717, 1.165) is 135 Å². The number of unbranched alkanes of at least 4 members (excludes halogenated alkanes) is 19. The molecule has 428 valence electrons. The predicted octanol–water partition coefficient (Wildman–Crippen LogP) is 21.2. The van der Waals surface area contributed by atoms with Crippen molar-refractivity contribution in [3.8, 4) is 0 Å². The molecule has 0 bridgehead atoms. The van der Waals surface area contributed by atoms with E-state index in [4.69, 9.17) is 14.2 Å². The minimum absolute atomic E-state index is 0.109. The summed E-state index contributed by atoms with van der Waals surface area (Å²) in [5, 5.41) is 0. The molecule has 0 aromatic heterocycles. The topological polar surface area (TPSA) is 78.9 Å². The summed E-state index contributed by atoms with van der Waals surface area (Å²) in [5.41, 5.74) is 0. The van der Waals surface area contributed by atoms with Crippen molar-refractivity contribution in [3.63, 3.8) is 0 Å². The first-order valence-corrected chi connectivity index (χ1v) is 30.8. The van der Waals surface area contributed by atoms with Gasteiger partial charge in [-0.15, -0.1) is 0 Å². The van der Waals surface area contributed by atoms with E-state index >= 15 is 0 Å². The van der Waals surface area contributed by atoms with Crippen LogP contribution in [0.5, 0.6) is 0 Å². The van der Waals surface area contributed by atoms with E-state index in [1.165, 1.54) is 77.0 Å². The van der Waals surface area contributed by atoms with Crippen molar-refractivity contribution in [2.45, 2.75) is 264 Å². The normalized spacial score (nSPS) is 13.1. The van der Waals surface area contributed by atoms with Crippen LogP contribution in [0.1, 0.15) is 258 Å². The van der Waals surface area contributed by atoms with Crippen molar-refractivity contribution >= 4 is 17.9 Å². The lowest BCUT2D eigenvalue weighted by Gasteiger charge is -2.18. The molecule has 0 heterocycles. The van der Waals surface area contributed by atoms with Crippen LogP contribution in [-0.2, 0) is 28.6 Å². The lowest BCUT2D eigenvalue weighted by atomic mass is 10.0. The van der Waals surface area contributed by atoms with Gasteiger partial charge in [0.25, 0.3) is 0 Å². The van der Waals surface area contributed by atoms with Crippen LogP contribution in [-0.4, -0.2) is 37.2 Å². The highest BCUT2D eigenvalue weighted by molar-refractivity contribution is 5.71. The molecule has 0 aliphatic heterocycles. The molecule has 0 saturated heterocycles. The van der Waals surface area contributed by atoms with Crippen LogP contribution < -0.4 is 0 Å². The maximum Gasteiger partial charge on any atom is 0.306 e. The summed E-state index contributed by atoms with van der Waals surface area (Å²) >= 11 is 0. The third-order valence-electron chi connectivity index (χ3n) is 12.5. The smallest absolute Gasteiger partial charge is 0.306 e. The van der Waals surface area contributed by atoms with E-state index in [2.05, 4.69) is 167 Å². The van der Waals surface area contributed by atoms with Crippen molar-refractivity contribution in [1.82, 2.24) is 0 Å². The molecule has 0 N–H and O–H groups in total. The van der Waals surface area contributed by atoms with Crippen LogP contribution in [0.25, 0.3) is 0 Å². The molecule has 0 aliphatic carbocycles. The zero-order chi connectivity index (χ0) is 55.0. The molecule has 0 spiro atoms. The number of esters is 3. The summed E-state index contributed by atoms with van der Waals surface area (Å²) in [7, 11) is 0. The maximum atomic E-state index is 12.9. The fourth-order valence-corrected chi connectivity index (χ4v) is 8.01. The average Bonchev–Trinajstić information content (AvgIpc) is 3.42. The first kappa shape index (κ1) is 71.3. The number of allylic oxidation sites excluding steroid dienone is 24. The molecule has 0 aliphatic rings. The molecule has 1 atom stereocenters. The van der Waals surface area contributed by atoms with Crippen molar-refractivity contribution in [2.24, 2.45) is 0 Å². The van der Waals surface area contributed by atoms with Gasteiger partial charge in [0.2, 0.25) is 0 Å². The van der Waals surface area contributed by atoms with E-state index in [1.807, 2.05) is 0 Å². The molecule has 0 radical (unpaired) electrons. The molecular weight excluding hydrogens is 937 g/mol. The minimum Gasteiger partial charge on any atom is -0.462 e. The SMILES string of the molecule is CC/C=C\C/C=C\C/C=C\C/C=C\C/C=C\C/C=C\C/C=C\CCCC(=O)OC(COC(=O)CCCCCCC/C=C\CCC)COC(=O)CCCCCCCCCCCCCC/C=C\C/C=C\C/C=C\C/C=C\CC. The number of hydrogen-bond donors (Lipinski definition) is 0. The second-order valence-corrected chi connectivity index (χ2v) is 19.8. The van der Waals surface area contributed by atoms with Gasteiger partial charge in [-0.25, -0.2) is 0 Å². The van der Waals surface area contributed by atoms with Gasteiger partial charge in [-0.2, -0.15) is 0 Å². The van der Waals surface area contributed by atoms with Crippen molar-refractivity contribution in [3.05, 3.63) is 146 Å². The molecule has 0 fully saturated rings. The number of ether oxygens (including phenoxy) is 3. The van der Waals surface area contributed by atoms with E-state index in [-0.39, 0.29) is 37.5 Å². The van der Waals surface area contributed by atoms with Gasteiger partial charge in [0.15, 0.2) is 6.10 Å². The second-order valence-electron chi connectivity index (χ2n) is 19.8. The lowest BCUT2D eigenvalue weighted by Crippen LogP contribution is -2.30. The Labute approximate surface area is 467 Å². The Kier molecular flexibility index (Phi) is 58.9. The van der Waals surface area contributed by atoms with Crippen LogP contribution in [0, 0.1) is 0 Å². The van der Waals surface area contributed by atoms with Gasteiger partial charge < -0.3 is 14.2 Å². The largest absolute Gasteiger partial charge is 0.462 e. The van der Waals surface area contributed by atoms with Gasteiger partial charge in [0.05, 0.1) is 0 Å². The Balaban J connectivity index is 4.38.